The number of methoxy groups -OCH3 is 1. The molecular formula is C12H18FNO2. The Kier molecular flexibility index (Phi) is 5.64. The Morgan fingerprint density at radius 3 is 2.75 bits per heavy atom. The van der Waals surface area contributed by atoms with E-state index in [1.165, 1.54) is 0 Å². The highest BCUT2D eigenvalue weighted by atomic mass is 19.1. The Hall–Kier alpha value is -1.29. The molecule has 0 radical (unpaired) electrons. The summed E-state index contributed by atoms with van der Waals surface area (Å²) in [6, 6.07) is 5.67. The van der Waals surface area contributed by atoms with Crippen LogP contribution in [0.2, 0.25) is 0 Å². The van der Waals surface area contributed by atoms with Gasteiger partial charge in [0.25, 0.3) is 0 Å². The first-order chi connectivity index (χ1) is 7.81. The van der Waals surface area contributed by atoms with Crippen LogP contribution in [0.4, 0.5) is 4.39 Å². The lowest BCUT2D eigenvalue weighted by molar-refractivity contribution is 0.260. The minimum atomic E-state index is -0.499. The predicted octanol–water partition coefficient (Wildman–Crippen LogP) is 2.15. The van der Waals surface area contributed by atoms with E-state index in [0.29, 0.717) is 11.5 Å². The minimum Gasteiger partial charge on any atom is -0.493 e. The van der Waals surface area contributed by atoms with Crippen molar-refractivity contribution in [3.05, 3.63) is 23.8 Å². The Morgan fingerprint density at radius 1 is 1.31 bits per heavy atom. The molecule has 0 atom stereocenters. The number of hydrogen-bond donors (Lipinski definition) is 1. The van der Waals surface area contributed by atoms with Crippen molar-refractivity contribution in [1.82, 2.24) is 5.32 Å². The molecule has 0 aliphatic heterocycles. The lowest BCUT2D eigenvalue weighted by Gasteiger charge is -2.11. The van der Waals surface area contributed by atoms with Crippen LogP contribution in [0.5, 0.6) is 11.5 Å². The molecule has 0 unspecified atom stereocenters. The summed E-state index contributed by atoms with van der Waals surface area (Å²) in [5.74, 6) is 1.23. The molecule has 0 heterocycles. The van der Waals surface area contributed by atoms with E-state index in [2.05, 4.69) is 5.32 Å². The van der Waals surface area contributed by atoms with Gasteiger partial charge in [0.05, 0.1) is 7.11 Å². The average Bonchev–Trinajstić information content (AvgIpc) is 2.33. The Bertz CT molecular complexity index is 318. The molecule has 0 amide bonds. The molecule has 16 heavy (non-hydrogen) atoms. The van der Waals surface area contributed by atoms with Gasteiger partial charge < -0.3 is 14.8 Å². The summed E-state index contributed by atoms with van der Waals surface area (Å²) in [6.07, 6.45) is 0. The Labute approximate surface area is 95.6 Å². The zero-order valence-electron chi connectivity index (χ0n) is 9.75. The maximum atomic E-state index is 12.0. The summed E-state index contributed by atoms with van der Waals surface area (Å²) in [6.45, 7) is 3.28. The van der Waals surface area contributed by atoms with E-state index in [-0.39, 0.29) is 6.61 Å². The third-order valence-corrected chi connectivity index (χ3v) is 2.14. The van der Waals surface area contributed by atoms with Gasteiger partial charge in [-0.2, -0.15) is 0 Å². The molecule has 1 aromatic rings. The maximum absolute atomic E-state index is 12.0. The molecule has 0 aromatic heterocycles. The molecule has 4 heteroatoms. The molecule has 0 bridgehead atoms. The van der Waals surface area contributed by atoms with Crippen LogP contribution >= 0.6 is 0 Å². The highest BCUT2D eigenvalue weighted by Crippen LogP contribution is 2.27. The quantitative estimate of drug-likeness (QED) is 0.774. The van der Waals surface area contributed by atoms with Crippen LogP contribution in [0.15, 0.2) is 18.2 Å². The van der Waals surface area contributed by atoms with Crippen LogP contribution in [0.1, 0.15) is 12.5 Å². The largest absolute Gasteiger partial charge is 0.493 e. The van der Waals surface area contributed by atoms with E-state index in [4.69, 9.17) is 9.47 Å². The predicted molar refractivity (Wildman–Crippen MR) is 61.8 cm³/mol. The van der Waals surface area contributed by atoms with Crippen LogP contribution in [0.25, 0.3) is 0 Å². The third kappa shape index (κ3) is 3.70. The van der Waals surface area contributed by atoms with Gasteiger partial charge in [-0.05, 0) is 24.2 Å². The Balaban J connectivity index is 2.74. The van der Waals surface area contributed by atoms with Gasteiger partial charge in [-0.15, -0.1) is 0 Å². The first-order valence-corrected chi connectivity index (χ1v) is 5.38. The lowest BCUT2D eigenvalue weighted by atomic mass is 10.2. The smallest absolute Gasteiger partial charge is 0.161 e. The van der Waals surface area contributed by atoms with Gasteiger partial charge in [0.2, 0.25) is 0 Å². The van der Waals surface area contributed by atoms with E-state index in [1.807, 2.05) is 25.1 Å². The summed E-state index contributed by atoms with van der Waals surface area (Å²) in [5, 5.41) is 3.21. The van der Waals surface area contributed by atoms with Gasteiger partial charge in [0.15, 0.2) is 11.5 Å². The van der Waals surface area contributed by atoms with Crippen molar-refractivity contribution in [1.29, 1.82) is 0 Å². The fourth-order valence-electron chi connectivity index (χ4n) is 1.36. The normalized spacial score (nSPS) is 10.2. The highest BCUT2D eigenvalue weighted by Gasteiger charge is 2.05. The number of hydrogen-bond acceptors (Lipinski definition) is 3. The van der Waals surface area contributed by atoms with Gasteiger partial charge in [-0.3, -0.25) is 0 Å². The molecule has 3 nitrogen and oxygen atoms in total. The topological polar surface area (TPSA) is 30.5 Å². The summed E-state index contributed by atoms with van der Waals surface area (Å²) in [7, 11) is 1.57. The monoisotopic (exact) mass is 227 g/mol. The van der Waals surface area contributed by atoms with Crippen molar-refractivity contribution in [3.63, 3.8) is 0 Å². The van der Waals surface area contributed by atoms with E-state index >= 15 is 0 Å². The van der Waals surface area contributed by atoms with Gasteiger partial charge in [0, 0.05) is 6.54 Å². The fourth-order valence-corrected chi connectivity index (χ4v) is 1.36. The molecule has 0 fully saturated rings. The number of halogens is 1. The number of ether oxygens (including phenoxy) is 2. The molecule has 0 saturated carbocycles. The molecule has 1 rings (SSSR count). The number of nitrogens with one attached hydrogen (secondary N) is 1. The van der Waals surface area contributed by atoms with Gasteiger partial charge in [0.1, 0.15) is 13.3 Å². The molecule has 90 valence electrons. The van der Waals surface area contributed by atoms with Crippen LogP contribution in [-0.2, 0) is 6.54 Å². The number of benzene rings is 1. The number of rotatable bonds is 7. The molecular weight excluding hydrogens is 209 g/mol. The standard InChI is InChI=1S/C12H18FNO2/c1-3-14-9-10-4-5-11(15-2)12(8-10)16-7-6-13/h4-5,8,14H,3,6-7,9H2,1-2H3. The van der Waals surface area contributed by atoms with Crippen molar-refractivity contribution >= 4 is 0 Å². The van der Waals surface area contributed by atoms with Gasteiger partial charge >= 0.3 is 0 Å². The van der Waals surface area contributed by atoms with E-state index in [1.54, 1.807) is 7.11 Å². The maximum Gasteiger partial charge on any atom is 0.161 e. The van der Waals surface area contributed by atoms with Crippen molar-refractivity contribution in [2.24, 2.45) is 0 Å². The van der Waals surface area contributed by atoms with E-state index in [0.717, 1.165) is 18.7 Å². The number of alkyl halides is 1. The summed E-state index contributed by atoms with van der Waals surface area (Å²) >= 11 is 0. The molecule has 0 aliphatic carbocycles. The summed E-state index contributed by atoms with van der Waals surface area (Å²) in [5.41, 5.74) is 1.09. The van der Waals surface area contributed by atoms with Crippen LogP contribution in [0, 0.1) is 0 Å². The second kappa shape index (κ2) is 7.06. The van der Waals surface area contributed by atoms with Crippen molar-refractivity contribution in [2.75, 3.05) is 26.9 Å². The summed E-state index contributed by atoms with van der Waals surface area (Å²) in [4.78, 5) is 0. The van der Waals surface area contributed by atoms with Crippen LogP contribution in [-0.4, -0.2) is 26.9 Å². The SMILES string of the molecule is CCNCc1ccc(OC)c(OCCF)c1. The third-order valence-electron chi connectivity index (χ3n) is 2.14. The van der Waals surface area contributed by atoms with Crippen molar-refractivity contribution in [3.8, 4) is 11.5 Å². The summed E-state index contributed by atoms with van der Waals surface area (Å²) < 4.78 is 22.4. The zero-order chi connectivity index (χ0) is 11.8. The molecule has 1 aromatic carbocycles. The Morgan fingerprint density at radius 2 is 2.12 bits per heavy atom. The van der Waals surface area contributed by atoms with Crippen molar-refractivity contribution in [2.45, 2.75) is 13.5 Å². The van der Waals surface area contributed by atoms with Crippen molar-refractivity contribution < 1.29 is 13.9 Å². The first kappa shape index (κ1) is 12.8. The lowest BCUT2D eigenvalue weighted by Crippen LogP contribution is -2.12. The van der Waals surface area contributed by atoms with Gasteiger partial charge in [-0.25, -0.2) is 4.39 Å². The van der Waals surface area contributed by atoms with Crippen LogP contribution < -0.4 is 14.8 Å². The van der Waals surface area contributed by atoms with Gasteiger partial charge in [-0.1, -0.05) is 13.0 Å². The molecule has 0 spiro atoms. The average molecular weight is 227 g/mol. The van der Waals surface area contributed by atoms with E-state index in [9.17, 15) is 4.39 Å². The molecule has 0 aliphatic rings. The highest BCUT2D eigenvalue weighted by molar-refractivity contribution is 5.42. The molecule has 1 N–H and O–H groups in total. The fraction of sp³-hybridized carbons (Fsp3) is 0.500. The molecule has 0 saturated heterocycles. The second-order valence-electron chi connectivity index (χ2n) is 3.30. The minimum absolute atomic E-state index is 0.0566. The second-order valence-corrected chi connectivity index (χ2v) is 3.30. The first-order valence-electron chi connectivity index (χ1n) is 5.38. The zero-order valence-corrected chi connectivity index (χ0v) is 9.75. The van der Waals surface area contributed by atoms with Crippen LogP contribution in [0.3, 0.4) is 0 Å². The van der Waals surface area contributed by atoms with E-state index < -0.39 is 6.67 Å².